The van der Waals surface area contributed by atoms with Crippen molar-refractivity contribution in [3.63, 3.8) is 0 Å². The third-order valence-corrected chi connectivity index (χ3v) is 3.56. The first kappa shape index (κ1) is 13.4. The normalized spacial score (nSPS) is 10.5. The molecule has 0 saturated carbocycles. The zero-order chi connectivity index (χ0) is 14.7. The summed E-state index contributed by atoms with van der Waals surface area (Å²) in [5, 5.41) is 13.7. The summed E-state index contributed by atoms with van der Waals surface area (Å²) in [6.45, 7) is 2.05. The second kappa shape index (κ2) is 5.80. The van der Waals surface area contributed by atoms with E-state index in [9.17, 15) is 4.79 Å². The van der Waals surface area contributed by atoms with Crippen LogP contribution in [0.5, 0.6) is 0 Å². The number of carbonyl (C=O) groups excluding carboxylic acids is 1. The number of rotatable bonds is 4. The van der Waals surface area contributed by atoms with Crippen LogP contribution < -0.4 is 0 Å². The smallest absolute Gasteiger partial charge is 0.340 e. The second-order valence-electron chi connectivity index (χ2n) is 4.21. The summed E-state index contributed by atoms with van der Waals surface area (Å²) in [7, 11) is 0. The monoisotopic (exact) mass is 301 g/mol. The lowest BCUT2D eigenvalue weighted by molar-refractivity contribution is 0.0468. The van der Waals surface area contributed by atoms with E-state index in [2.05, 4.69) is 20.5 Å². The van der Waals surface area contributed by atoms with Gasteiger partial charge in [-0.15, -0.1) is 16.4 Å². The zero-order valence-electron chi connectivity index (χ0n) is 11.1. The molecule has 0 N–H and O–H groups in total. The Morgan fingerprint density at radius 1 is 1.38 bits per heavy atom. The number of benzene rings is 1. The van der Waals surface area contributed by atoms with Gasteiger partial charge in [-0.2, -0.15) is 4.68 Å². The van der Waals surface area contributed by atoms with Crippen LogP contribution in [-0.4, -0.2) is 31.2 Å². The average Bonchev–Trinajstić information content (AvgIpc) is 3.16. The quantitative estimate of drug-likeness (QED) is 0.683. The molecule has 3 rings (SSSR count). The Bertz CT molecular complexity index is 754. The van der Waals surface area contributed by atoms with Crippen molar-refractivity contribution >= 4 is 17.3 Å². The predicted octanol–water partition coefficient (Wildman–Crippen LogP) is 1.78. The Morgan fingerprint density at radius 2 is 2.24 bits per heavy atom. The lowest BCUT2D eigenvalue weighted by Crippen LogP contribution is -2.10. The summed E-state index contributed by atoms with van der Waals surface area (Å²) in [4.78, 5) is 16.5. The first-order valence-electron chi connectivity index (χ1n) is 6.14. The van der Waals surface area contributed by atoms with E-state index in [4.69, 9.17) is 4.74 Å². The molecule has 0 atom stereocenters. The van der Waals surface area contributed by atoms with Crippen molar-refractivity contribution in [2.24, 2.45) is 0 Å². The van der Waals surface area contributed by atoms with Crippen LogP contribution in [-0.2, 0) is 11.3 Å². The molecule has 0 aliphatic heterocycles. The van der Waals surface area contributed by atoms with Crippen LogP contribution in [0.15, 0.2) is 36.0 Å². The number of tetrazole rings is 1. The van der Waals surface area contributed by atoms with Crippen LogP contribution in [0, 0.1) is 6.92 Å². The Morgan fingerprint density at radius 3 is 2.95 bits per heavy atom. The van der Waals surface area contributed by atoms with Crippen molar-refractivity contribution in [1.82, 2.24) is 25.2 Å². The highest BCUT2D eigenvalue weighted by Gasteiger charge is 2.15. The van der Waals surface area contributed by atoms with Crippen molar-refractivity contribution in [2.45, 2.75) is 13.5 Å². The molecule has 0 amide bonds. The lowest BCUT2D eigenvalue weighted by Gasteiger charge is -2.07. The Labute approximate surface area is 124 Å². The molecule has 0 aliphatic carbocycles. The molecule has 3 aromatic rings. The van der Waals surface area contributed by atoms with Gasteiger partial charge in [-0.05, 0) is 29.5 Å². The molecule has 0 fully saturated rings. The predicted molar refractivity (Wildman–Crippen MR) is 75.1 cm³/mol. The highest BCUT2D eigenvalue weighted by molar-refractivity contribution is 7.09. The molecule has 2 aromatic heterocycles. The van der Waals surface area contributed by atoms with E-state index in [1.165, 1.54) is 22.3 Å². The molecule has 0 spiro atoms. The molecule has 7 nitrogen and oxygen atoms in total. The Hall–Kier alpha value is -2.61. The topological polar surface area (TPSA) is 82.8 Å². The van der Waals surface area contributed by atoms with Crippen LogP contribution >= 0.6 is 11.3 Å². The van der Waals surface area contributed by atoms with Gasteiger partial charge in [0.2, 0.25) is 0 Å². The maximum Gasteiger partial charge on any atom is 0.340 e. The van der Waals surface area contributed by atoms with Gasteiger partial charge in [0.15, 0.2) is 0 Å². The van der Waals surface area contributed by atoms with Crippen molar-refractivity contribution in [1.29, 1.82) is 0 Å². The maximum absolute atomic E-state index is 12.2. The summed E-state index contributed by atoms with van der Waals surface area (Å²) in [5.74, 6) is -0.438. The number of nitrogens with zero attached hydrogens (tertiary/aromatic N) is 5. The summed E-state index contributed by atoms with van der Waals surface area (Å²) >= 11 is 1.52. The fourth-order valence-electron chi connectivity index (χ4n) is 1.81. The van der Waals surface area contributed by atoms with Crippen molar-refractivity contribution < 1.29 is 9.53 Å². The second-order valence-corrected chi connectivity index (χ2v) is 5.27. The van der Waals surface area contributed by atoms with E-state index in [0.29, 0.717) is 11.3 Å². The lowest BCUT2D eigenvalue weighted by atomic mass is 10.2. The Balaban J connectivity index is 1.79. The molecular weight excluding hydrogens is 290 g/mol. The van der Waals surface area contributed by atoms with E-state index in [0.717, 1.165) is 10.7 Å². The van der Waals surface area contributed by atoms with Gasteiger partial charge in [0.1, 0.15) is 12.9 Å². The number of ether oxygens (including phenoxy) is 1. The number of esters is 1. The summed E-state index contributed by atoms with van der Waals surface area (Å²) < 4.78 is 6.71. The van der Waals surface area contributed by atoms with Crippen molar-refractivity contribution in [3.05, 3.63) is 52.2 Å². The molecule has 1 aromatic carbocycles. The minimum atomic E-state index is -0.438. The highest BCUT2D eigenvalue weighted by atomic mass is 32.1. The zero-order valence-corrected chi connectivity index (χ0v) is 11.9. The van der Waals surface area contributed by atoms with Crippen LogP contribution in [0.2, 0.25) is 0 Å². The van der Waals surface area contributed by atoms with Gasteiger partial charge in [0, 0.05) is 5.38 Å². The Kier molecular flexibility index (Phi) is 3.69. The molecule has 106 valence electrons. The highest BCUT2D eigenvalue weighted by Crippen LogP contribution is 2.15. The molecular formula is C13H11N5O2S. The number of aromatic nitrogens is 5. The summed E-state index contributed by atoms with van der Waals surface area (Å²) in [6, 6.07) is 6.99. The van der Waals surface area contributed by atoms with Gasteiger partial charge in [-0.1, -0.05) is 12.1 Å². The van der Waals surface area contributed by atoms with Gasteiger partial charge in [-0.3, -0.25) is 0 Å². The number of aryl methyl sites for hydroxylation is 1. The molecule has 0 saturated heterocycles. The van der Waals surface area contributed by atoms with Crippen LogP contribution in [0.25, 0.3) is 5.69 Å². The van der Waals surface area contributed by atoms with Gasteiger partial charge >= 0.3 is 5.97 Å². The minimum Gasteiger partial charge on any atom is -0.455 e. The van der Waals surface area contributed by atoms with Gasteiger partial charge < -0.3 is 4.74 Å². The van der Waals surface area contributed by atoms with E-state index in [1.54, 1.807) is 24.3 Å². The maximum atomic E-state index is 12.2. The molecule has 2 heterocycles. The number of hydrogen-bond donors (Lipinski definition) is 0. The van der Waals surface area contributed by atoms with E-state index < -0.39 is 5.97 Å². The minimum absolute atomic E-state index is 0.146. The summed E-state index contributed by atoms with van der Waals surface area (Å²) in [5.41, 5.74) is 1.71. The van der Waals surface area contributed by atoms with E-state index in [1.807, 2.05) is 12.3 Å². The first-order valence-corrected chi connectivity index (χ1v) is 7.02. The van der Waals surface area contributed by atoms with Crippen LogP contribution in [0.3, 0.4) is 0 Å². The third-order valence-electron chi connectivity index (χ3n) is 2.74. The largest absolute Gasteiger partial charge is 0.455 e. The molecule has 21 heavy (non-hydrogen) atoms. The third kappa shape index (κ3) is 2.95. The fourth-order valence-corrected chi connectivity index (χ4v) is 2.41. The van der Waals surface area contributed by atoms with Crippen LogP contribution in [0.4, 0.5) is 0 Å². The number of hydrogen-bond acceptors (Lipinski definition) is 7. The fraction of sp³-hybridized carbons (Fsp3) is 0.154. The van der Waals surface area contributed by atoms with E-state index >= 15 is 0 Å². The molecule has 0 radical (unpaired) electrons. The standard InChI is InChI=1S/C13H11N5O2S/c1-9-15-10(7-21-9)6-20-13(19)11-4-2-3-5-12(11)18-8-14-16-17-18/h2-5,7-8H,6H2,1H3. The van der Waals surface area contributed by atoms with Crippen molar-refractivity contribution in [3.8, 4) is 5.69 Å². The molecule has 0 aliphatic rings. The SMILES string of the molecule is Cc1nc(COC(=O)c2ccccc2-n2cnnn2)cs1. The van der Waals surface area contributed by atoms with Gasteiger partial charge in [0.05, 0.1) is 22.0 Å². The number of para-hydroxylation sites is 1. The van der Waals surface area contributed by atoms with Gasteiger partial charge in [0.25, 0.3) is 0 Å². The molecule has 8 heteroatoms. The van der Waals surface area contributed by atoms with Crippen molar-refractivity contribution in [2.75, 3.05) is 0 Å². The average molecular weight is 301 g/mol. The van der Waals surface area contributed by atoms with E-state index in [-0.39, 0.29) is 6.61 Å². The molecule has 0 bridgehead atoms. The first-order chi connectivity index (χ1) is 10.2. The molecule has 0 unspecified atom stereocenters. The van der Waals surface area contributed by atoms with Crippen LogP contribution in [0.1, 0.15) is 21.1 Å². The number of carbonyl (C=O) groups is 1. The van der Waals surface area contributed by atoms with Gasteiger partial charge in [-0.25, -0.2) is 9.78 Å². The number of thiazole rings is 1. The summed E-state index contributed by atoms with van der Waals surface area (Å²) in [6.07, 6.45) is 1.43.